The molecule has 0 N–H and O–H groups in total. The molecule has 3 aromatic rings. The fraction of sp³-hybridized carbons (Fsp3) is 0.258. The summed E-state index contributed by atoms with van der Waals surface area (Å²) in [6, 6.07) is 25.2. The van der Waals surface area contributed by atoms with Gasteiger partial charge in [-0.3, -0.25) is 4.79 Å². The predicted octanol–water partition coefficient (Wildman–Crippen LogP) is 6.40. The Labute approximate surface area is 227 Å². The summed E-state index contributed by atoms with van der Waals surface area (Å²) >= 11 is 1.55. The molecule has 1 saturated carbocycles. The third-order valence-corrected chi connectivity index (χ3v) is 7.72. The number of rotatable bonds is 7. The predicted molar refractivity (Wildman–Crippen MR) is 150 cm³/mol. The van der Waals surface area contributed by atoms with Crippen LogP contribution in [-0.4, -0.2) is 42.6 Å². The fourth-order valence-electron chi connectivity index (χ4n) is 5.18. The molecule has 7 heteroatoms. The van der Waals surface area contributed by atoms with Crippen LogP contribution in [0.1, 0.15) is 46.8 Å². The van der Waals surface area contributed by atoms with Crippen molar-refractivity contribution in [2.75, 3.05) is 20.0 Å². The molecule has 1 amide bonds. The molecular weight excluding hydrogens is 496 g/mol. The van der Waals surface area contributed by atoms with Crippen molar-refractivity contribution in [2.45, 2.75) is 30.2 Å². The largest absolute Gasteiger partial charge is 0.496 e. The lowest BCUT2D eigenvalue weighted by molar-refractivity contribution is -0.137. The first-order valence-electron chi connectivity index (χ1n) is 12.7. The van der Waals surface area contributed by atoms with E-state index < -0.39 is 12.6 Å². The van der Waals surface area contributed by atoms with Gasteiger partial charge in [0.25, 0.3) is 5.91 Å². The zero-order valence-corrected chi connectivity index (χ0v) is 22.3. The normalized spacial score (nSPS) is 19.6. The summed E-state index contributed by atoms with van der Waals surface area (Å²) < 4.78 is 10.9. The van der Waals surface area contributed by atoms with Crippen LogP contribution in [-0.2, 0) is 9.53 Å². The number of ether oxygens (including phenoxy) is 2. The van der Waals surface area contributed by atoms with Gasteiger partial charge in [0.1, 0.15) is 11.3 Å². The summed E-state index contributed by atoms with van der Waals surface area (Å²) in [5.74, 6) is -0.458. The summed E-state index contributed by atoms with van der Waals surface area (Å²) in [5.41, 5.74) is 4.52. The Bertz CT molecular complexity index is 1370. The van der Waals surface area contributed by atoms with Crippen molar-refractivity contribution in [3.8, 4) is 5.75 Å². The molecule has 0 saturated heterocycles. The van der Waals surface area contributed by atoms with E-state index in [9.17, 15) is 9.59 Å². The van der Waals surface area contributed by atoms with Gasteiger partial charge in [-0.15, -0.1) is 11.8 Å². The quantitative estimate of drug-likeness (QED) is 0.263. The van der Waals surface area contributed by atoms with Gasteiger partial charge in [0.2, 0.25) is 0 Å². The third kappa shape index (κ3) is 5.38. The lowest BCUT2D eigenvalue weighted by atomic mass is 9.77. The lowest BCUT2D eigenvalue weighted by Gasteiger charge is -2.29. The molecule has 1 fully saturated rings. The zero-order chi connectivity index (χ0) is 26.5. The van der Waals surface area contributed by atoms with Crippen LogP contribution < -0.4 is 4.74 Å². The highest BCUT2D eigenvalue weighted by Crippen LogP contribution is 2.44. The van der Waals surface area contributed by atoms with Gasteiger partial charge < -0.3 is 9.47 Å². The maximum Gasteiger partial charge on any atom is 0.342 e. The van der Waals surface area contributed by atoms with Crippen LogP contribution in [0.15, 0.2) is 94.4 Å². The first kappa shape index (κ1) is 25.8. The number of carbonyl (C=O) groups is 2. The van der Waals surface area contributed by atoms with Crippen molar-refractivity contribution < 1.29 is 19.1 Å². The molecule has 5 rings (SSSR count). The van der Waals surface area contributed by atoms with E-state index in [0.29, 0.717) is 5.75 Å². The number of methoxy groups -OCH3 is 1. The van der Waals surface area contributed by atoms with E-state index in [4.69, 9.17) is 14.6 Å². The lowest BCUT2D eigenvalue weighted by Crippen LogP contribution is -2.34. The Morgan fingerprint density at radius 2 is 1.79 bits per heavy atom. The summed E-state index contributed by atoms with van der Waals surface area (Å²) in [7, 11) is 1.51. The van der Waals surface area contributed by atoms with Crippen LogP contribution in [0.2, 0.25) is 0 Å². The number of fused-ring (bicyclic) bond motifs is 1. The van der Waals surface area contributed by atoms with E-state index in [0.717, 1.165) is 46.6 Å². The second kappa shape index (κ2) is 11.7. The average molecular weight is 527 g/mol. The Hall–Kier alpha value is -3.84. The van der Waals surface area contributed by atoms with Gasteiger partial charge in [0.05, 0.1) is 18.9 Å². The van der Waals surface area contributed by atoms with Crippen LogP contribution in [0.5, 0.6) is 5.75 Å². The van der Waals surface area contributed by atoms with Crippen molar-refractivity contribution in [1.82, 2.24) is 5.01 Å². The van der Waals surface area contributed by atoms with Crippen LogP contribution in [0.4, 0.5) is 0 Å². The van der Waals surface area contributed by atoms with E-state index in [1.807, 2.05) is 60.9 Å². The second-order valence-electron chi connectivity index (χ2n) is 9.30. The molecule has 2 aliphatic rings. The minimum absolute atomic E-state index is 0.0833. The minimum atomic E-state index is -0.604. The number of benzene rings is 3. The maximum absolute atomic E-state index is 13.5. The van der Waals surface area contributed by atoms with Crippen molar-refractivity contribution in [2.24, 2.45) is 11.0 Å². The smallest absolute Gasteiger partial charge is 0.342 e. The van der Waals surface area contributed by atoms with E-state index in [1.54, 1.807) is 23.9 Å². The van der Waals surface area contributed by atoms with Crippen LogP contribution >= 0.6 is 11.8 Å². The first-order valence-corrected chi connectivity index (χ1v) is 13.9. The van der Waals surface area contributed by atoms with E-state index in [2.05, 4.69) is 18.2 Å². The molecular formula is C31H30N2O4S. The summed E-state index contributed by atoms with van der Waals surface area (Å²) in [6.45, 7) is -0.406. The zero-order valence-electron chi connectivity index (χ0n) is 21.5. The average Bonchev–Trinajstić information content (AvgIpc) is 3.37. The fourth-order valence-corrected chi connectivity index (χ4v) is 5.61. The number of amides is 1. The second-order valence-corrected chi connectivity index (χ2v) is 10.2. The maximum atomic E-state index is 13.5. The Balaban J connectivity index is 1.40. The minimum Gasteiger partial charge on any atom is -0.496 e. The molecule has 1 aliphatic carbocycles. The highest BCUT2D eigenvalue weighted by molar-refractivity contribution is 7.98. The monoisotopic (exact) mass is 526 g/mol. The Morgan fingerprint density at radius 3 is 2.50 bits per heavy atom. The molecule has 6 nitrogen and oxygen atoms in total. The van der Waals surface area contributed by atoms with Crippen LogP contribution in [0, 0.1) is 5.92 Å². The van der Waals surface area contributed by atoms with Crippen molar-refractivity contribution >= 4 is 35.4 Å². The van der Waals surface area contributed by atoms with Gasteiger partial charge in [-0.1, -0.05) is 60.7 Å². The first-order chi connectivity index (χ1) is 18.6. The number of esters is 1. The Kier molecular flexibility index (Phi) is 7.94. The van der Waals surface area contributed by atoms with Crippen molar-refractivity contribution in [3.05, 3.63) is 101 Å². The molecule has 2 unspecified atom stereocenters. The van der Waals surface area contributed by atoms with E-state index >= 15 is 0 Å². The molecule has 3 aromatic carbocycles. The number of thioether (sulfide) groups is 1. The van der Waals surface area contributed by atoms with E-state index in [-0.39, 0.29) is 23.4 Å². The molecule has 1 heterocycles. The summed E-state index contributed by atoms with van der Waals surface area (Å²) in [4.78, 5) is 27.4. The van der Waals surface area contributed by atoms with Crippen molar-refractivity contribution in [3.63, 3.8) is 0 Å². The summed E-state index contributed by atoms with van der Waals surface area (Å²) in [5, 5.41) is 6.39. The number of hydrazone groups is 1. The molecule has 0 spiro atoms. The number of nitrogens with zero attached hydrogens (tertiary/aromatic N) is 2. The molecule has 0 aromatic heterocycles. The molecule has 1 aliphatic heterocycles. The van der Waals surface area contributed by atoms with E-state index in [1.165, 1.54) is 12.1 Å². The van der Waals surface area contributed by atoms with Gasteiger partial charge in [-0.25, -0.2) is 9.80 Å². The third-order valence-electron chi connectivity index (χ3n) is 6.99. The summed E-state index contributed by atoms with van der Waals surface area (Å²) in [6.07, 6.45) is 6.99. The van der Waals surface area contributed by atoms with Gasteiger partial charge in [-0.05, 0) is 66.5 Å². The molecule has 194 valence electrons. The number of hydrogen-bond acceptors (Lipinski definition) is 6. The van der Waals surface area contributed by atoms with Gasteiger partial charge in [0.15, 0.2) is 6.61 Å². The van der Waals surface area contributed by atoms with Gasteiger partial charge in [0, 0.05) is 10.8 Å². The highest BCUT2D eigenvalue weighted by atomic mass is 32.2. The van der Waals surface area contributed by atoms with Gasteiger partial charge in [-0.2, -0.15) is 5.10 Å². The Morgan fingerprint density at radius 1 is 1.05 bits per heavy atom. The molecule has 0 radical (unpaired) electrons. The molecule has 38 heavy (non-hydrogen) atoms. The molecule has 0 bridgehead atoms. The van der Waals surface area contributed by atoms with Gasteiger partial charge >= 0.3 is 5.97 Å². The number of allylic oxidation sites excluding steroid dienone is 1. The van der Waals surface area contributed by atoms with Crippen LogP contribution in [0.25, 0.3) is 6.08 Å². The molecule has 2 atom stereocenters. The SMILES string of the molecule is COc1cc(SC)ccc1C(=O)OCC(=O)N1N=C2C(=Cc3ccccc3)CCCC2C1c1ccccc1. The van der Waals surface area contributed by atoms with Crippen molar-refractivity contribution in [1.29, 1.82) is 0 Å². The topological polar surface area (TPSA) is 68.2 Å². The van der Waals surface area contributed by atoms with Crippen LogP contribution in [0.3, 0.4) is 0 Å². The highest BCUT2D eigenvalue weighted by Gasteiger charge is 2.43. The number of carbonyl (C=O) groups excluding carboxylic acids is 2. The number of hydrogen-bond donors (Lipinski definition) is 0. The standard InChI is InChI=1S/C31H30N2O4S/c1-36-27-19-24(38-2)16-17-25(27)31(35)37-20-28(34)33-30(22-12-7-4-8-13-22)26-15-9-14-23(29(26)32-33)18-21-10-5-3-6-11-21/h3-8,10-13,16-19,26,30H,9,14-15,20H2,1-2H3.